The van der Waals surface area contributed by atoms with E-state index in [9.17, 15) is 27.6 Å². The summed E-state index contributed by atoms with van der Waals surface area (Å²) in [4.78, 5) is 36.4. The lowest BCUT2D eigenvalue weighted by molar-refractivity contribution is -0.144. The molecule has 0 unspecified atom stereocenters. The summed E-state index contributed by atoms with van der Waals surface area (Å²) >= 11 is 6.10. The SMILES string of the molecule is CCOC(=O)/C=C(\COc1cc(-n2c(=O)cc(C(F)(F)F)n(C)c2=O)ccc1Cl)OCC. The number of esters is 1. The molecule has 0 fully saturated rings. The molecule has 8 nitrogen and oxygen atoms in total. The molecular weight excluding hydrogens is 457 g/mol. The summed E-state index contributed by atoms with van der Waals surface area (Å²) in [6.45, 7) is 3.50. The second-order valence-electron chi connectivity index (χ2n) is 6.24. The van der Waals surface area contributed by atoms with E-state index in [-0.39, 0.29) is 42.0 Å². The molecule has 0 amide bonds. The Morgan fingerprint density at radius 2 is 1.78 bits per heavy atom. The smallest absolute Gasteiger partial charge is 0.431 e. The molecule has 1 aromatic carbocycles. The Hall–Kier alpha value is -3.21. The van der Waals surface area contributed by atoms with Gasteiger partial charge < -0.3 is 14.2 Å². The monoisotopic (exact) mass is 476 g/mol. The van der Waals surface area contributed by atoms with Crippen LogP contribution in [0.1, 0.15) is 19.5 Å². The quantitative estimate of drug-likeness (QED) is 0.330. The molecule has 0 saturated carbocycles. The summed E-state index contributed by atoms with van der Waals surface area (Å²) < 4.78 is 55.7. The van der Waals surface area contributed by atoms with Crippen molar-refractivity contribution in [1.82, 2.24) is 9.13 Å². The van der Waals surface area contributed by atoms with E-state index in [4.69, 9.17) is 25.8 Å². The van der Waals surface area contributed by atoms with Crippen molar-refractivity contribution in [1.29, 1.82) is 0 Å². The van der Waals surface area contributed by atoms with Crippen LogP contribution < -0.4 is 16.0 Å². The van der Waals surface area contributed by atoms with Crippen LogP contribution in [-0.2, 0) is 27.5 Å². The maximum absolute atomic E-state index is 13.0. The minimum atomic E-state index is -4.87. The Morgan fingerprint density at radius 1 is 1.12 bits per heavy atom. The number of nitrogens with zero attached hydrogens (tertiary/aromatic N) is 2. The van der Waals surface area contributed by atoms with Crippen molar-refractivity contribution in [2.75, 3.05) is 19.8 Å². The molecule has 0 atom stereocenters. The van der Waals surface area contributed by atoms with E-state index >= 15 is 0 Å². The summed E-state index contributed by atoms with van der Waals surface area (Å²) in [5, 5.41) is 0.0949. The van der Waals surface area contributed by atoms with Crippen molar-refractivity contribution >= 4 is 17.6 Å². The Bertz CT molecular complexity index is 1140. The molecule has 1 heterocycles. The second kappa shape index (κ2) is 10.4. The third-order valence-corrected chi connectivity index (χ3v) is 4.36. The Morgan fingerprint density at radius 3 is 2.38 bits per heavy atom. The highest BCUT2D eigenvalue weighted by Gasteiger charge is 2.35. The summed E-state index contributed by atoms with van der Waals surface area (Å²) in [6, 6.07) is 4.13. The van der Waals surface area contributed by atoms with Crippen LogP contribution in [0.2, 0.25) is 5.02 Å². The highest BCUT2D eigenvalue weighted by molar-refractivity contribution is 6.32. The number of carbonyl (C=O) groups is 1. The van der Waals surface area contributed by atoms with E-state index in [0.717, 1.165) is 13.1 Å². The van der Waals surface area contributed by atoms with Gasteiger partial charge in [-0.05, 0) is 26.0 Å². The average molecular weight is 477 g/mol. The molecule has 0 aliphatic rings. The highest BCUT2D eigenvalue weighted by Crippen LogP contribution is 2.28. The van der Waals surface area contributed by atoms with Gasteiger partial charge in [0.25, 0.3) is 5.56 Å². The molecule has 0 radical (unpaired) electrons. The van der Waals surface area contributed by atoms with Crippen molar-refractivity contribution in [2.45, 2.75) is 20.0 Å². The van der Waals surface area contributed by atoms with Crippen molar-refractivity contribution in [3.05, 3.63) is 67.7 Å². The van der Waals surface area contributed by atoms with Gasteiger partial charge in [-0.2, -0.15) is 13.2 Å². The Kier molecular flexibility index (Phi) is 8.14. The van der Waals surface area contributed by atoms with E-state index in [1.54, 1.807) is 13.8 Å². The molecule has 0 spiro atoms. The molecule has 32 heavy (non-hydrogen) atoms. The first kappa shape index (κ1) is 25.1. The van der Waals surface area contributed by atoms with Crippen molar-refractivity contribution in [3.63, 3.8) is 0 Å². The maximum Gasteiger partial charge on any atom is 0.431 e. The number of aromatic nitrogens is 2. The molecule has 174 valence electrons. The minimum absolute atomic E-state index is 0.00693. The fraction of sp³-hybridized carbons (Fsp3) is 0.350. The number of halogens is 4. The van der Waals surface area contributed by atoms with Crippen LogP contribution in [0.25, 0.3) is 5.69 Å². The Labute approximate surface area is 185 Å². The minimum Gasteiger partial charge on any atom is -0.494 e. The number of rotatable bonds is 8. The van der Waals surface area contributed by atoms with Gasteiger partial charge in [-0.1, -0.05) is 11.6 Å². The molecule has 0 N–H and O–H groups in total. The van der Waals surface area contributed by atoms with Gasteiger partial charge in [-0.15, -0.1) is 0 Å². The molecule has 0 aliphatic carbocycles. The summed E-state index contributed by atoms with van der Waals surface area (Å²) in [5.74, 6) is -0.498. The molecule has 0 aliphatic heterocycles. The summed E-state index contributed by atoms with van der Waals surface area (Å²) in [5.41, 5.74) is -3.81. The second-order valence-corrected chi connectivity index (χ2v) is 6.65. The van der Waals surface area contributed by atoms with E-state index in [1.165, 1.54) is 18.2 Å². The zero-order valence-electron chi connectivity index (χ0n) is 17.4. The average Bonchev–Trinajstić information content (AvgIpc) is 2.70. The fourth-order valence-electron chi connectivity index (χ4n) is 2.65. The maximum atomic E-state index is 13.0. The molecular formula is C20H20ClF3N2O6. The van der Waals surface area contributed by atoms with Crippen molar-refractivity contribution in [2.24, 2.45) is 7.05 Å². The van der Waals surface area contributed by atoms with Gasteiger partial charge >= 0.3 is 17.8 Å². The molecule has 0 saturated heterocycles. The lowest BCUT2D eigenvalue weighted by atomic mass is 10.3. The number of benzene rings is 1. The van der Waals surface area contributed by atoms with Gasteiger partial charge in [0.05, 0.1) is 30.0 Å². The lowest BCUT2D eigenvalue weighted by Crippen LogP contribution is -2.40. The first-order chi connectivity index (χ1) is 15.0. The summed E-state index contributed by atoms with van der Waals surface area (Å²) in [7, 11) is 0.906. The van der Waals surface area contributed by atoms with Gasteiger partial charge in [0.15, 0.2) is 0 Å². The van der Waals surface area contributed by atoms with Crippen molar-refractivity contribution < 1.29 is 32.2 Å². The number of ether oxygens (including phenoxy) is 3. The van der Waals surface area contributed by atoms with Crippen LogP contribution in [0, 0.1) is 0 Å². The van der Waals surface area contributed by atoms with Gasteiger partial charge in [0, 0.05) is 19.2 Å². The van der Waals surface area contributed by atoms with Gasteiger partial charge in [0.2, 0.25) is 0 Å². The van der Waals surface area contributed by atoms with Crippen LogP contribution in [0.15, 0.2) is 45.7 Å². The van der Waals surface area contributed by atoms with E-state index < -0.39 is 29.1 Å². The van der Waals surface area contributed by atoms with Gasteiger partial charge in [-0.3, -0.25) is 9.36 Å². The standard InChI is InChI=1S/C20H20ClF3N2O6/c1-4-30-13(9-18(28)31-5-2)11-32-15-8-12(6-7-14(15)21)26-17(27)10-16(20(22,23)24)25(3)19(26)29/h6-10H,4-5,11H2,1-3H3/b13-9+. The lowest BCUT2D eigenvalue weighted by Gasteiger charge is -2.15. The van der Waals surface area contributed by atoms with Crippen LogP contribution in [0.4, 0.5) is 13.2 Å². The number of carbonyl (C=O) groups excluding carboxylic acids is 1. The molecule has 2 aromatic rings. The number of hydrogen-bond acceptors (Lipinski definition) is 6. The van der Waals surface area contributed by atoms with E-state index in [1.807, 2.05) is 0 Å². The molecule has 2 rings (SSSR count). The molecule has 1 aromatic heterocycles. The first-order valence-corrected chi connectivity index (χ1v) is 9.70. The Balaban J connectivity index is 2.42. The predicted molar refractivity (Wildman–Crippen MR) is 109 cm³/mol. The third kappa shape index (κ3) is 5.94. The molecule has 0 bridgehead atoms. The fourth-order valence-corrected chi connectivity index (χ4v) is 2.82. The van der Waals surface area contributed by atoms with Crippen LogP contribution in [0.5, 0.6) is 5.75 Å². The normalized spacial score (nSPS) is 11.9. The largest absolute Gasteiger partial charge is 0.494 e. The van der Waals surface area contributed by atoms with Crippen molar-refractivity contribution in [3.8, 4) is 11.4 Å². The predicted octanol–water partition coefficient (Wildman–Crippen LogP) is 3.07. The highest BCUT2D eigenvalue weighted by atomic mass is 35.5. The molecule has 12 heteroatoms. The van der Waals surface area contributed by atoms with Crippen LogP contribution in [0.3, 0.4) is 0 Å². The van der Waals surface area contributed by atoms with Crippen LogP contribution in [-0.4, -0.2) is 34.9 Å². The van der Waals surface area contributed by atoms with Gasteiger partial charge in [-0.25, -0.2) is 14.2 Å². The van der Waals surface area contributed by atoms with Gasteiger partial charge in [0.1, 0.15) is 23.8 Å². The van der Waals surface area contributed by atoms with E-state index in [2.05, 4.69) is 0 Å². The first-order valence-electron chi connectivity index (χ1n) is 9.32. The summed E-state index contributed by atoms with van der Waals surface area (Å²) in [6.07, 6.45) is -3.78. The zero-order chi connectivity index (χ0) is 24.1. The topological polar surface area (TPSA) is 88.8 Å². The zero-order valence-corrected chi connectivity index (χ0v) is 18.1. The van der Waals surface area contributed by atoms with Crippen LogP contribution >= 0.6 is 11.6 Å². The van der Waals surface area contributed by atoms with E-state index in [0.29, 0.717) is 15.2 Å². The third-order valence-electron chi connectivity index (χ3n) is 4.05. The number of hydrogen-bond donors (Lipinski definition) is 0. The number of alkyl halides is 3.